The summed E-state index contributed by atoms with van der Waals surface area (Å²) in [5, 5.41) is 18.8. The van der Waals surface area contributed by atoms with E-state index in [1.54, 1.807) is 6.07 Å². The number of fused-ring (bicyclic) bond motifs is 3. The van der Waals surface area contributed by atoms with Crippen molar-refractivity contribution in [2.45, 2.75) is 25.0 Å². The molecule has 6 rings (SSSR count). The molecule has 1 amide bonds. The molecule has 2 aliphatic heterocycles. The lowest BCUT2D eigenvalue weighted by molar-refractivity contribution is -0.0232. The molecule has 160 valence electrons. The first kappa shape index (κ1) is 18.5. The van der Waals surface area contributed by atoms with E-state index in [4.69, 9.17) is 14.2 Å². The van der Waals surface area contributed by atoms with E-state index in [9.17, 15) is 9.90 Å². The molecule has 0 bridgehead atoms. The van der Waals surface area contributed by atoms with Crippen LogP contribution in [0.15, 0.2) is 42.5 Å². The Morgan fingerprint density at radius 1 is 1.10 bits per heavy atom. The van der Waals surface area contributed by atoms with E-state index in [2.05, 4.69) is 10.2 Å². The van der Waals surface area contributed by atoms with E-state index < -0.39 is 6.10 Å². The molecule has 2 N–H and O–H groups in total. The summed E-state index contributed by atoms with van der Waals surface area (Å²) < 4.78 is 16.9. The van der Waals surface area contributed by atoms with Crippen LogP contribution in [0.4, 0.5) is 0 Å². The Morgan fingerprint density at radius 2 is 1.90 bits per heavy atom. The minimum atomic E-state index is -0.576. The van der Waals surface area contributed by atoms with Crippen LogP contribution < -0.4 is 14.2 Å². The van der Waals surface area contributed by atoms with Crippen LogP contribution in [-0.2, 0) is 0 Å². The van der Waals surface area contributed by atoms with Gasteiger partial charge in [-0.2, -0.15) is 5.10 Å². The first-order chi connectivity index (χ1) is 15.2. The van der Waals surface area contributed by atoms with Gasteiger partial charge in [-0.15, -0.1) is 0 Å². The fraction of sp³-hybridized carbons (Fsp3) is 0.391. The van der Waals surface area contributed by atoms with Gasteiger partial charge >= 0.3 is 0 Å². The van der Waals surface area contributed by atoms with Crippen molar-refractivity contribution in [3.8, 4) is 17.2 Å². The molecular formula is C23H23N3O5. The summed E-state index contributed by atoms with van der Waals surface area (Å²) in [6.07, 6.45) is 0.423. The molecule has 0 radical (unpaired) electrons. The van der Waals surface area contributed by atoms with Crippen molar-refractivity contribution >= 4 is 16.8 Å². The highest BCUT2D eigenvalue weighted by atomic mass is 16.7. The van der Waals surface area contributed by atoms with Gasteiger partial charge in [0.2, 0.25) is 6.79 Å². The Bertz CT molecular complexity index is 1150. The highest BCUT2D eigenvalue weighted by Crippen LogP contribution is 2.40. The Morgan fingerprint density at radius 3 is 2.81 bits per heavy atom. The fourth-order valence-corrected chi connectivity index (χ4v) is 5.08. The summed E-state index contributed by atoms with van der Waals surface area (Å²) in [6, 6.07) is 13.1. The van der Waals surface area contributed by atoms with Gasteiger partial charge in [-0.05, 0) is 42.9 Å². The van der Waals surface area contributed by atoms with Gasteiger partial charge in [-0.1, -0.05) is 18.2 Å². The highest BCUT2D eigenvalue weighted by Gasteiger charge is 2.44. The number of likely N-dealkylation sites (tertiary alicyclic amines) is 1. The Balaban J connectivity index is 1.16. The maximum atomic E-state index is 13.2. The van der Waals surface area contributed by atoms with Crippen molar-refractivity contribution < 1.29 is 24.1 Å². The molecule has 3 aromatic rings. The number of benzene rings is 2. The number of H-pyrrole nitrogens is 1. The number of aliphatic hydroxyl groups excluding tert-OH is 1. The average Bonchev–Trinajstić information content (AvgIpc) is 3.51. The number of rotatable bonds is 3. The SMILES string of the molecule is O=C(c1n[nH]c2ccccc12)N1C[C@H]2C[C@@H](Oc3ccc4c(c3)OCO4)[C@H](O)C[C@H]2C1. The van der Waals surface area contributed by atoms with E-state index >= 15 is 0 Å². The molecule has 2 aromatic carbocycles. The van der Waals surface area contributed by atoms with E-state index in [1.807, 2.05) is 41.3 Å². The van der Waals surface area contributed by atoms with E-state index in [0.717, 1.165) is 10.9 Å². The molecule has 3 heterocycles. The number of aliphatic hydroxyl groups is 1. The summed E-state index contributed by atoms with van der Waals surface area (Å²) in [6.45, 7) is 1.50. The van der Waals surface area contributed by atoms with Gasteiger partial charge in [0.05, 0.1) is 11.6 Å². The van der Waals surface area contributed by atoms with Crippen LogP contribution in [0.2, 0.25) is 0 Å². The third-order valence-electron chi connectivity index (χ3n) is 6.68. The van der Waals surface area contributed by atoms with Crippen LogP contribution in [0.1, 0.15) is 23.3 Å². The number of nitrogens with zero attached hydrogens (tertiary/aromatic N) is 2. The van der Waals surface area contributed by atoms with Gasteiger partial charge in [0.1, 0.15) is 11.9 Å². The van der Waals surface area contributed by atoms with Crippen molar-refractivity contribution in [1.29, 1.82) is 0 Å². The van der Waals surface area contributed by atoms with E-state index in [-0.39, 0.29) is 30.6 Å². The van der Waals surface area contributed by atoms with Gasteiger partial charge in [0.25, 0.3) is 5.91 Å². The second kappa shape index (κ2) is 7.16. The van der Waals surface area contributed by atoms with Gasteiger partial charge in [-0.3, -0.25) is 9.89 Å². The molecule has 0 spiro atoms. The van der Waals surface area contributed by atoms with Crippen LogP contribution >= 0.6 is 0 Å². The third-order valence-corrected chi connectivity index (χ3v) is 6.68. The van der Waals surface area contributed by atoms with Crippen molar-refractivity contribution in [2.24, 2.45) is 11.8 Å². The minimum absolute atomic E-state index is 0.0606. The maximum Gasteiger partial charge on any atom is 0.275 e. The van der Waals surface area contributed by atoms with Crippen LogP contribution in [0.5, 0.6) is 17.2 Å². The zero-order chi connectivity index (χ0) is 20.9. The molecular weight excluding hydrogens is 398 g/mol. The third kappa shape index (κ3) is 3.18. The molecule has 0 unspecified atom stereocenters. The Kier molecular flexibility index (Phi) is 4.27. The molecule has 31 heavy (non-hydrogen) atoms. The Hall–Kier alpha value is -3.26. The number of aromatic nitrogens is 2. The fourth-order valence-electron chi connectivity index (χ4n) is 5.08. The summed E-state index contributed by atoms with van der Waals surface area (Å²) in [5.74, 6) is 2.50. The highest BCUT2D eigenvalue weighted by molar-refractivity contribution is 6.04. The van der Waals surface area contributed by atoms with Crippen molar-refractivity contribution in [3.63, 3.8) is 0 Å². The number of aromatic amines is 1. The number of nitrogens with one attached hydrogen (secondary N) is 1. The van der Waals surface area contributed by atoms with Crippen LogP contribution in [-0.4, -0.2) is 58.2 Å². The minimum Gasteiger partial charge on any atom is -0.488 e. The first-order valence-corrected chi connectivity index (χ1v) is 10.6. The molecule has 8 heteroatoms. The number of hydrogen-bond donors (Lipinski definition) is 2. The number of hydrogen-bond acceptors (Lipinski definition) is 6. The summed E-state index contributed by atoms with van der Waals surface area (Å²) >= 11 is 0. The van der Waals surface area contributed by atoms with Crippen molar-refractivity contribution in [1.82, 2.24) is 15.1 Å². The first-order valence-electron chi connectivity index (χ1n) is 10.6. The topological polar surface area (TPSA) is 96.9 Å². The largest absolute Gasteiger partial charge is 0.488 e. The monoisotopic (exact) mass is 421 g/mol. The van der Waals surface area contributed by atoms with E-state index in [0.29, 0.717) is 48.9 Å². The predicted octanol–water partition coefficient (Wildman–Crippen LogP) is 2.58. The number of carbonyl (C=O) groups is 1. The Labute approximate surface area is 178 Å². The normalized spacial score (nSPS) is 26.8. The quantitative estimate of drug-likeness (QED) is 0.675. The smallest absolute Gasteiger partial charge is 0.275 e. The number of carbonyl (C=O) groups excluding carboxylic acids is 1. The zero-order valence-electron chi connectivity index (χ0n) is 16.9. The molecule has 1 saturated carbocycles. The molecule has 4 atom stereocenters. The summed E-state index contributed by atoms with van der Waals surface area (Å²) in [7, 11) is 0. The van der Waals surface area contributed by atoms with Crippen LogP contribution in [0, 0.1) is 11.8 Å². The molecule has 8 nitrogen and oxygen atoms in total. The van der Waals surface area contributed by atoms with Crippen molar-refractivity contribution in [2.75, 3.05) is 19.9 Å². The number of ether oxygens (including phenoxy) is 3. The molecule has 1 aromatic heterocycles. The molecule has 3 aliphatic rings. The number of amides is 1. The summed E-state index contributed by atoms with van der Waals surface area (Å²) in [5.41, 5.74) is 1.32. The van der Waals surface area contributed by atoms with Gasteiger partial charge in [0, 0.05) is 24.5 Å². The van der Waals surface area contributed by atoms with E-state index in [1.165, 1.54) is 0 Å². The predicted molar refractivity (Wildman–Crippen MR) is 111 cm³/mol. The summed E-state index contributed by atoms with van der Waals surface area (Å²) in [4.78, 5) is 15.0. The van der Waals surface area contributed by atoms with Crippen LogP contribution in [0.25, 0.3) is 10.9 Å². The lowest BCUT2D eigenvalue weighted by Crippen LogP contribution is -2.42. The number of para-hydroxylation sites is 1. The second-order valence-electron chi connectivity index (χ2n) is 8.56. The lowest BCUT2D eigenvalue weighted by Gasteiger charge is -2.35. The zero-order valence-corrected chi connectivity index (χ0v) is 16.9. The van der Waals surface area contributed by atoms with Crippen molar-refractivity contribution in [3.05, 3.63) is 48.2 Å². The van der Waals surface area contributed by atoms with Gasteiger partial charge in [0.15, 0.2) is 17.2 Å². The molecule has 2 fully saturated rings. The maximum absolute atomic E-state index is 13.2. The average molecular weight is 421 g/mol. The molecule has 1 saturated heterocycles. The van der Waals surface area contributed by atoms with Gasteiger partial charge < -0.3 is 24.2 Å². The van der Waals surface area contributed by atoms with Crippen LogP contribution in [0.3, 0.4) is 0 Å². The standard InChI is InChI=1S/C23H23N3O5/c27-18-7-13-10-26(23(28)22-16-3-1-2-4-17(16)24-25-22)11-14(13)8-20(18)31-15-5-6-19-21(9-15)30-12-29-19/h1-6,9,13-14,18,20,27H,7-8,10-12H2,(H,24,25)/t13-,14+,18+,20+/m0/s1. The lowest BCUT2D eigenvalue weighted by atomic mass is 9.78. The second-order valence-corrected chi connectivity index (χ2v) is 8.56. The van der Waals surface area contributed by atoms with Gasteiger partial charge in [-0.25, -0.2) is 0 Å². The molecule has 1 aliphatic carbocycles.